The van der Waals surface area contributed by atoms with Crippen LogP contribution in [0.1, 0.15) is 29.3 Å². The lowest BCUT2D eigenvalue weighted by molar-refractivity contribution is 0.186. The fraction of sp³-hybridized carbons (Fsp3) is 0.294. The smallest absolute Gasteiger partial charge is 0.232 e. The summed E-state index contributed by atoms with van der Waals surface area (Å²) in [5.41, 5.74) is 2.38. The first-order valence-electron chi connectivity index (χ1n) is 6.98. The number of aryl methyl sites for hydroxylation is 1. The van der Waals surface area contributed by atoms with E-state index < -0.39 is 0 Å². The first-order valence-corrected chi connectivity index (χ1v) is 6.98. The van der Waals surface area contributed by atoms with E-state index in [-0.39, 0.29) is 6.10 Å². The molecule has 0 fully saturated rings. The highest BCUT2D eigenvalue weighted by Gasteiger charge is 2.16. The zero-order valence-electron chi connectivity index (χ0n) is 12.3. The fourth-order valence-electron chi connectivity index (χ4n) is 2.08. The highest BCUT2D eigenvalue weighted by molar-refractivity contribution is 5.39. The summed E-state index contributed by atoms with van der Waals surface area (Å²) in [6.45, 7) is 2.71. The molecule has 0 spiro atoms. The van der Waals surface area contributed by atoms with Crippen LogP contribution in [0.4, 0.5) is 0 Å². The number of nitrogens with one attached hydrogen (secondary N) is 1. The molecule has 1 N–H and O–H groups in total. The molecule has 0 saturated carbocycles. The minimum Gasteiger partial charge on any atom is -0.468 e. The number of nitrogens with zero attached hydrogens (tertiary/aromatic N) is 2. The molecule has 0 saturated heterocycles. The third kappa shape index (κ3) is 4.04. The normalized spacial score (nSPS) is 11.7. The fourth-order valence-corrected chi connectivity index (χ4v) is 2.08. The summed E-state index contributed by atoms with van der Waals surface area (Å²) >= 11 is 0. The molecule has 0 bridgehead atoms. The van der Waals surface area contributed by atoms with Crippen LogP contribution in [0, 0.1) is 18.3 Å². The molecule has 1 heterocycles. The Kier molecular flexibility index (Phi) is 5.30. The summed E-state index contributed by atoms with van der Waals surface area (Å²) in [7, 11) is 1.91. The number of pyridine rings is 1. The van der Waals surface area contributed by atoms with Crippen molar-refractivity contribution in [3.63, 3.8) is 0 Å². The van der Waals surface area contributed by atoms with Crippen LogP contribution in [0.3, 0.4) is 0 Å². The molecular formula is C17H19N3O. The van der Waals surface area contributed by atoms with Gasteiger partial charge in [0.25, 0.3) is 0 Å². The molecule has 1 aromatic carbocycles. The predicted octanol–water partition coefficient (Wildman–Crippen LogP) is 2.99. The number of benzene rings is 1. The average Bonchev–Trinajstić information content (AvgIpc) is 2.52. The summed E-state index contributed by atoms with van der Waals surface area (Å²) < 4.78 is 6.03. The van der Waals surface area contributed by atoms with Gasteiger partial charge in [-0.15, -0.1) is 0 Å². The van der Waals surface area contributed by atoms with Crippen LogP contribution in [-0.2, 0) is 0 Å². The summed E-state index contributed by atoms with van der Waals surface area (Å²) in [4.78, 5) is 4.35. The van der Waals surface area contributed by atoms with E-state index in [2.05, 4.69) is 16.4 Å². The van der Waals surface area contributed by atoms with Gasteiger partial charge in [0.05, 0.1) is 0 Å². The Morgan fingerprint density at radius 3 is 2.67 bits per heavy atom. The van der Waals surface area contributed by atoms with Gasteiger partial charge in [0.1, 0.15) is 17.7 Å². The van der Waals surface area contributed by atoms with E-state index in [4.69, 9.17) is 4.74 Å². The van der Waals surface area contributed by atoms with Gasteiger partial charge >= 0.3 is 0 Å². The van der Waals surface area contributed by atoms with Crippen LogP contribution in [0.5, 0.6) is 5.88 Å². The van der Waals surface area contributed by atoms with Gasteiger partial charge in [-0.05, 0) is 38.2 Å². The van der Waals surface area contributed by atoms with Crippen LogP contribution in [0.2, 0.25) is 0 Å². The van der Waals surface area contributed by atoms with Crippen molar-refractivity contribution in [1.82, 2.24) is 10.3 Å². The standard InChI is InChI=1S/C17H19N3O/c1-13-8-9-15(12-18)17(20-13)21-16(10-11-19-2)14-6-4-3-5-7-14/h3-9,16,19H,10-11H2,1-2H3. The summed E-state index contributed by atoms with van der Waals surface area (Å²) in [6.07, 6.45) is 0.682. The van der Waals surface area contributed by atoms with Crippen molar-refractivity contribution in [3.8, 4) is 11.9 Å². The zero-order valence-corrected chi connectivity index (χ0v) is 12.3. The molecule has 0 amide bonds. The van der Waals surface area contributed by atoms with Gasteiger partial charge in [-0.1, -0.05) is 30.3 Å². The van der Waals surface area contributed by atoms with Crippen molar-refractivity contribution >= 4 is 0 Å². The number of ether oxygens (including phenoxy) is 1. The number of aromatic nitrogens is 1. The van der Waals surface area contributed by atoms with Gasteiger partial charge < -0.3 is 10.1 Å². The molecular weight excluding hydrogens is 262 g/mol. The highest BCUT2D eigenvalue weighted by atomic mass is 16.5. The Bertz CT molecular complexity index is 620. The first-order chi connectivity index (χ1) is 10.2. The van der Waals surface area contributed by atoms with Crippen molar-refractivity contribution in [1.29, 1.82) is 5.26 Å². The predicted molar refractivity (Wildman–Crippen MR) is 82.0 cm³/mol. The molecule has 1 aromatic heterocycles. The molecule has 1 unspecified atom stereocenters. The molecule has 108 valence electrons. The third-order valence-electron chi connectivity index (χ3n) is 3.20. The van der Waals surface area contributed by atoms with E-state index in [0.29, 0.717) is 11.4 Å². The number of hydrogen-bond acceptors (Lipinski definition) is 4. The molecule has 0 aliphatic carbocycles. The van der Waals surface area contributed by atoms with Gasteiger partial charge in [0.15, 0.2) is 0 Å². The molecule has 21 heavy (non-hydrogen) atoms. The van der Waals surface area contributed by atoms with Gasteiger partial charge in [0.2, 0.25) is 5.88 Å². The maximum atomic E-state index is 9.19. The summed E-state index contributed by atoms with van der Waals surface area (Å²) in [5.74, 6) is 0.405. The van der Waals surface area contributed by atoms with Crippen LogP contribution in [0.15, 0.2) is 42.5 Å². The van der Waals surface area contributed by atoms with Crippen molar-refractivity contribution in [2.75, 3.05) is 13.6 Å². The molecule has 4 heteroatoms. The Hall–Kier alpha value is -2.38. The van der Waals surface area contributed by atoms with E-state index in [1.54, 1.807) is 6.07 Å². The van der Waals surface area contributed by atoms with E-state index in [0.717, 1.165) is 24.2 Å². The number of nitriles is 1. The lowest BCUT2D eigenvalue weighted by Gasteiger charge is -2.19. The molecule has 2 rings (SSSR count). The zero-order chi connectivity index (χ0) is 15.1. The largest absolute Gasteiger partial charge is 0.468 e. The minimum absolute atomic E-state index is 0.125. The van der Waals surface area contributed by atoms with Gasteiger partial charge in [-0.25, -0.2) is 4.98 Å². The number of rotatable bonds is 6. The Morgan fingerprint density at radius 1 is 1.24 bits per heavy atom. The molecule has 0 aliphatic rings. The molecule has 2 aromatic rings. The van der Waals surface area contributed by atoms with Crippen molar-refractivity contribution in [2.45, 2.75) is 19.4 Å². The topological polar surface area (TPSA) is 57.9 Å². The first kappa shape index (κ1) is 15.0. The van der Waals surface area contributed by atoms with Crippen molar-refractivity contribution < 1.29 is 4.74 Å². The van der Waals surface area contributed by atoms with E-state index in [1.807, 2.05) is 50.4 Å². The second-order valence-electron chi connectivity index (χ2n) is 4.83. The van der Waals surface area contributed by atoms with Crippen molar-refractivity contribution in [2.24, 2.45) is 0 Å². The summed E-state index contributed by atoms with van der Waals surface area (Å²) in [5, 5.41) is 12.3. The second-order valence-corrected chi connectivity index (χ2v) is 4.83. The average molecular weight is 281 g/mol. The minimum atomic E-state index is -0.125. The second kappa shape index (κ2) is 7.41. The Morgan fingerprint density at radius 2 is 2.00 bits per heavy atom. The quantitative estimate of drug-likeness (QED) is 0.884. The SMILES string of the molecule is CNCCC(Oc1nc(C)ccc1C#N)c1ccccc1. The van der Waals surface area contributed by atoms with Crippen molar-refractivity contribution in [3.05, 3.63) is 59.3 Å². The molecule has 4 nitrogen and oxygen atoms in total. The van der Waals surface area contributed by atoms with Crippen LogP contribution >= 0.6 is 0 Å². The van der Waals surface area contributed by atoms with Crippen LogP contribution in [-0.4, -0.2) is 18.6 Å². The Balaban J connectivity index is 2.27. The van der Waals surface area contributed by atoms with Crippen LogP contribution < -0.4 is 10.1 Å². The van der Waals surface area contributed by atoms with Gasteiger partial charge in [0, 0.05) is 12.1 Å². The van der Waals surface area contributed by atoms with Gasteiger partial charge in [-0.3, -0.25) is 0 Å². The lowest BCUT2D eigenvalue weighted by Crippen LogP contribution is -2.17. The third-order valence-corrected chi connectivity index (χ3v) is 3.20. The van der Waals surface area contributed by atoms with Crippen LogP contribution in [0.25, 0.3) is 0 Å². The highest BCUT2D eigenvalue weighted by Crippen LogP contribution is 2.25. The monoisotopic (exact) mass is 281 g/mol. The lowest BCUT2D eigenvalue weighted by atomic mass is 10.1. The van der Waals surface area contributed by atoms with E-state index in [9.17, 15) is 5.26 Å². The van der Waals surface area contributed by atoms with E-state index >= 15 is 0 Å². The molecule has 0 aliphatic heterocycles. The van der Waals surface area contributed by atoms with Gasteiger partial charge in [-0.2, -0.15) is 5.26 Å². The maximum Gasteiger partial charge on any atom is 0.232 e. The Labute approximate surface area is 125 Å². The molecule has 1 atom stereocenters. The summed E-state index contributed by atoms with van der Waals surface area (Å²) in [6, 6.07) is 15.7. The molecule has 0 radical (unpaired) electrons. The number of hydrogen-bond donors (Lipinski definition) is 1. The maximum absolute atomic E-state index is 9.19. The van der Waals surface area contributed by atoms with E-state index in [1.165, 1.54) is 0 Å².